The molecule has 0 radical (unpaired) electrons. The fraction of sp³-hybridized carbons (Fsp3) is 0.333. The zero-order valence-corrected chi connectivity index (χ0v) is 8.57. The molecule has 3 nitrogen and oxygen atoms in total. The van der Waals surface area contributed by atoms with Gasteiger partial charge in [-0.1, -0.05) is 37.3 Å². The van der Waals surface area contributed by atoms with Gasteiger partial charge in [-0.3, -0.25) is 14.9 Å². The summed E-state index contributed by atoms with van der Waals surface area (Å²) in [6, 6.07) is 9.58. The highest BCUT2D eigenvalue weighted by Crippen LogP contribution is 2.27. The lowest BCUT2D eigenvalue weighted by Gasteiger charge is -2.25. The number of hydrogen-bond donors (Lipinski definition) is 1. The van der Waals surface area contributed by atoms with Crippen LogP contribution in [-0.2, 0) is 9.59 Å². The minimum atomic E-state index is -0.182. The van der Waals surface area contributed by atoms with Crippen LogP contribution in [0.4, 0.5) is 0 Å². The zero-order valence-electron chi connectivity index (χ0n) is 8.57. The van der Waals surface area contributed by atoms with E-state index >= 15 is 0 Å². The van der Waals surface area contributed by atoms with Gasteiger partial charge in [-0.15, -0.1) is 0 Å². The van der Waals surface area contributed by atoms with Crippen molar-refractivity contribution in [2.24, 2.45) is 5.92 Å². The van der Waals surface area contributed by atoms with Crippen LogP contribution in [0.15, 0.2) is 30.3 Å². The van der Waals surface area contributed by atoms with Gasteiger partial charge >= 0.3 is 0 Å². The van der Waals surface area contributed by atoms with Crippen LogP contribution in [0.5, 0.6) is 0 Å². The van der Waals surface area contributed by atoms with Crippen LogP contribution in [0.1, 0.15) is 24.8 Å². The summed E-state index contributed by atoms with van der Waals surface area (Å²) in [5, 5.41) is 2.40. The molecule has 1 fully saturated rings. The van der Waals surface area contributed by atoms with Crippen LogP contribution >= 0.6 is 0 Å². The fourth-order valence-electron chi connectivity index (χ4n) is 1.87. The van der Waals surface area contributed by atoms with E-state index in [9.17, 15) is 9.59 Å². The second-order valence-electron chi connectivity index (χ2n) is 3.95. The van der Waals surface area contributed by atoms with Crippen LogP contribution < -0.4 is 5.32 Å². The maximum Gasteiger partial charge on any atom is 0.234 e. The van der Waals surface area contributed by atoms with Gasteiger partial charge in [-0.2, -0.15) is 0 Å². The highest BCUT2D eigenvalue weighted by molar-refractivity contribution is 6.01. The van der Waals surface area contributed by atoms with Crippen molar-refractivity contribution in [1.82, 2.24) is 5.32 Å². The predicted octanol–water partition coefficient (Wildman–Crippen LogP) is 1.45. The molecule has 2 atom stereocenters. The van der Waals surface area contributed by atoms with Gasteiger partial charge in [0.25, 0.3) is 0 Å². The summed E-state index contributed by atoms with van der Waals surface area (Å²) in [6.45, 7) is 1.84. The Morgan fingerprint density at radius 2 is 1.80 bits per heavy atom. The van der Waals surface area contributed by atoms with E-state index in [1.807, 2.05) is 37.3 Å². The van der Waals surface area contributed by atoms with Crippen molar-refractivity contribution < 1.29 is 9.59 Å². The third-order valence-electron chi connectivity index (χ3n) is 2.80. The number of rotatable bonds is 1. The molecule has 1 heterocycles. The van der Waals surface area contributed by atoms with E-state index in [-0.39, 0.29) is 23.7 Å². The van der Waals surface area contributed by atoms with Gasteiger partial charge in [-0.25, -0.2) is 0 Å². The molecule has 1 aromatic carbocycles. The normalized spacial score (nSPS) is 26.2. The van der Waals surface area contributed by atoms with Gasteiger partial charge in [0.15, 0.2) is 0 Å². The lowest BCUT2D eigenvalue weighted by molar-refractivity contribution is -0.137. The lowest BCUT2D eigenvalue weighted by atomic mass is 9.85. The van der Waals surface area contributed by atoms with E-state index in [2.05, 4.69) is 5.32 Å². The number of amides is 2. The fourth-order valence-corrected chi connectivity index (χ4v) is 1.87. The second-order valence-corrected chi connectivity index (χ2v) is 3.95. The van der Waals surface area contributed by atoms with Crippen molar-refractivity contribution in [2.45, 2.75) is 19.3 Å². The third-order valence-corrected chi connectivity index (χ3v) is 2.80. The molecule has 0 bridgehead atoms. The first kappa shape index (κ1) is 9.90. The predicted molar refractivity (Wildman–Crippen MR) is 56.1 cm³/mol. The van der Waals surface area contributed by atoms with Gasteiger partial charge in [0.05, 0.1) is 5.92 Å². The number of hydrogen-bond acceptors (Lipinski definition) is 2. The van der Waals surface area contributed by atoms with E-state index in [1.165, 1.54) is 0 Å². The number of carbonyl (C=O) groups excluding carboxylic acids is 2. The molecule has 1 aromatic rings. The number of imide groups is 1. The summed E-state index contributed by atoms with van der Waals surface area (Å²) in [5.74, 6) is -0.608. The van der Waals surface area contributed by atoms with Gasteiger partial charge in [0.1, 0.15) is 0 Å². The number of carbonyl (C=O) groups is 2. The highest BCUT2D eigenvalue weighted by atomic mass is 16.2. The van der Waals surface area contributed by atoms with Crippen LogP contribution in [0.3, 0.4) is 0 Å². The molecule has 1 aliphatic rings. The van der Waals surface area contributed by atoms with Crippen LogP contribution in [0, 0.1) is 5.92 Å². The molecule has 1 saturated heterocycles. The van der Waals surface area contributed by atoms with E-state index in [0.717, 1.165) is 5.56 Å². The summed E-state index contributed by atoms with van der Waals surface area (Å²) >= 11 is 0. The quantitative estimate of drug-likeness (QED) is 0.702. The SMILES string of the molecule is CC1CC(c2ccccc2)C(=O)NC1=O. The minimum absolute atomic E-state index is 0.0899. The standard InChI is InChI=1S/C12H13NO2/c1-8-7-10(12(15)13-11(8)14)9-5-3-2-4-6-9/h2-6,8,10H,7H2,1H3,(H,13,14,15). The first-order valence-electron chi connectivity index (χ1n) is 5.08. The molecule has 2 amide bonds. The molecule has 15 heavy (non-hydrogen) atoms. The van der Waals surface area contributed by atoms with Gasteiger partial charge < -0.3 is 0 Å². The summed E-state index contributed by atoms with van der Waals surface area (Å²) in [5.41, 5.74) is 0.981. The molecule has 0 aliphatic carbocycles. The Morgan fingerprint density at radius 3 is 2.47 bits per heavy atom. The number of nitrogens with one attached hydrogen (secondary N) is 1. The van der Waals surface area contributed by atoms with Crippen LogP contribution in [0.2, 0.25) is 0 Å². The summed E-state index contributed by atoms with van der Waals surface area (Å²) in [4.78, 5) is 22.9. The largest absolute Gasteiger partial charge is 0.296 e. The van der Waals surface area contributed by atoms with Gasteiger partial charge in [0.2, 0.25) is 11.8 Å². The van der Waals surface area contributed by atoms with E-state index in [1.54, 1.807) is 0 Å². The highest BCUT2D eigenvalue weighted by Gasteiger charge is 2.32. The van der Waals surface area contributed by atoms with Crippen molar-refractivity contribution in [2.75, 3.05) is 0 Å². The molecule has 1 aliphatic heterocycles. The Morgan fingerprint density at radius 1 is 1.13 bits per heavy atom. The Kier molecular flexibility index (Phi) is 2.54. The summed E-state index contributed by atoms with van der Waals surface area (Å²) in [6.07, 6.45) is 0.606. The molecule has 0 aromatic heterocycles. The number of piperidine rings is 1. The number of benzene rings is 1. The summed E-state index contributed by atoms with van der Waals surface area (Å²) < 4.78 is 0. The monoisotopic (exact) mass is 203 g/mol. The Labute approximate surface area is 88.5 Å². The first-order chi connectivity index (χ1) is 7.18. The van der Waals surface area contributed by atoms with Crippen LogP contribution in [-0.4, -0.2) is 11.8 Å². The minimum Gasteiger partial charge on any atom is -0.296 e. The maximum absolute atomic E-state index is 11.6. The first-order valence-corrected chi connectivity index (χ1v) is 5.08. The molecule has 2 rings (SSSR count). The van der Waals surface area contributed by atoms with Crippen molar-refractivity contribution in [3.05, 3.63) is 35.9 Å². The second kappa shape index (κ2) is 3.85. The van der Waals surface area contributed by atoms with Crippen molar-refractivity contribution in [3.63, 3.8) is 0 Å². The smallest absolute Gasteiger partial charge is 0.234 e. The van der Waals surface area contributed by atoms with E-state index < -0.39 is 0 Å². The van der Waals surface area contributed by atoms with Crippen molar-refractivity contribution in [1.29, 1.82) is 0 Å². The molecule has 78 valence electrons. The van der Waals surface area contributed by atoms with Crippen molar-refractivity contribution >= 4 is 11.8 Å². The Hall–Kier alpha value is -1.64. The molecule has 2 unspecified atom stereocenters. The molecule has 3 heteroatoms. The maximum atomic E-state index is 11.6. The third kappa shape index (κ3) is 1.91. The molecular weight excluding hydrogens is 190 g/mol. The summed E-state index contributed by atoms with van der Waals surface area (Å²) in [7, 11) is 0. The van der Waals surface area contributed by atoms with Gasteiger partial charge in [0, 0.05) is 5.92 Å². The molecule has 1 N–H and O–H groups in total. The average molecular weight is 203 g/mol. The van der Waals surface area contributed by atoms with Crippen LogP contribution in [0.25, 0.3) is 0 Å². The zero-order chi connectivity index (χ0) is 10.8. The molecule has 0 saturated carbocycles. The van der Waals surface area contributed by atoms with E-state index in [4.69, 9.17) is 0 Å². The molecular formula is C12H13NO2. The van der Waals surface area contributed by atoms with Crippen molar-refractivity contribution in [3.8, 4) is 0 Å². The van der Waals surface area contributed by atoms with E-state index in [0.29, 0.717) is 6.42 Å². The van der Waals surface area contributed by atoms with Gasteiger partial charge in [-0.05, 0) is 12.0 Å². The topological polar surface area (TPSA) is 46.2 Å². The lowest BCUT2D eigenvalue weighted by Crippen LogP contribution is -2.44. The average Bonchev–Trinajstić information content (AvgIpc) is 2.25. The Bertz CT molecular complexity index is 386. The Balaban J connectivity index is 2.23. The molecule has 0 spiro atoms.